The van der Waals surface area contributed by atoms with Crippen molar-refractivity contribution >= 4 is 62.4 Å². The number of fused-ring (bicyclic) bond motifs is 1. The summed E-state index contributed by atoms with van der Waals surface area (Å²) in [5.41, 5.74) is 2.33. The number of carbonyl (C=O) groups is 3. The summed E-state index contributed by atoms with van der Waals surface area (Å²) >= 11 is 3.86. The lowest BCUT2D eigenvalue weighted by atomic mass is 10.1. The fourth-order valence-corrected chi connectivity index (χ4v) is 6.47. The highest BCUT2D eigenvalue weighted by Gasteiger charge is 2.28. The molecule has 0 saturated heterocycles. The molecule has 2 aromatic heterocycles. The lowest BCUT2D eigenvalue weighted by molar-refractivity contribution is -0.115. The molecule has 9 nitrogen and oxygen atoms in total. The van der Waals surface area contributed by atoms with Crippen molar-refractivity contribution in [2.75, 3.05) is 30.1 Å². The van der Waals surface area contributed by atoms with Crippen LogP contribution in [0.15, 0.2) is 28.6 Å². The van der Waals surface area contributed by atoms with Gasteiger partial charge in [-0.1, -0.05) is 35.2 Å². The Kier molecular flexibility index (Phi) is 8.37. The molecule has 0 spiro atoms. The average molecular weight is 533 g/mol. The fraction of sp³-hybridized carbons (Fsp3) is 0.348. The van der Waals surface area contributed by atoms with E-state index in [2.05, 4.69) is 20.8 Å². The van der Waals surface area contributed by atoms with Crippen LogP contribution in [0.1, 0.15) is 39.7 Å². The number of aromatic nitrogens is 2. The van der Waals surface area contributed by atoms with E-state index in [0.717, 1.165) is 41.0 Å². The van der Waals surface area contributed by atoms with Crippen molar-refractivity contribution in [1.29, 1.82) is 0 Å². The number of carbonyl (C=O) groups excluding carboxylic acids is 3. The molecule has 0 atom stereocenters. The molecule has 12 heteroatoms. The number of anilines is 2. The lowest BCUT2D eigenvalue weighted by Crippen LogP contribution is -2.16. The van der Waals surface area contributed by atoms with Crippen molar-refractivity contribution < 1.29 is 23.9 Å². The first-order valence-electron chi connectivity index (χ1n) is 11.0. The van der Waals surface area contributed by atoms with Crippen LogP contribution in [0.25, 0.3) is 0 Å². The number of nitrogens with zero attached hydrogens (tertiary/aromatic N) is 2. The van der Waals surface area contributed by atoms with Crippen LogP contribution in [0, 0.1) is 0 Å². The van der Waals surface area contributed by atoms with Gasteiger partial charge in [0.25, 0.3) is 0 Å². The van der Waals surface area contributed by atoms with E-state index >= 15 is 0 Å². The van der Waals surface area contributed by atoms with Crippen LogP contribution < -0.4 is 15.4 Å². The minimum absolute atomic E-state index is 0.0965. The maximum atomic E-state index is 12.6. The van der Waals surface area contributed by atoms with Crippen LogP contribution in [0.3, 0.4) is 0 Å². The van der Waals surface area contributed by atoms with Crippen molar-refractivity contribution in [3.8, 4) is 5.75 Å². The van der Waals surface area contributed by atoms with Gasteiger partial charge in [0.2, 0.25) is 16.9 Å². The number of amides is 2. The third kappa shape index (κ3) is 6.38. The molecule has 0 fully saturated rings. The largest absolute Gasteiger partial charge is 0.497 e. The van der Waals surface area contributed by atoms with Gasteiger partial charge in [-0.25, -0.2) is 4.79 Å². The molecule has 184 valence electrons. The summed E-state index contributed by atoms with van der Waals surface area (Å²) in [7, 11) is 1.59. The van der Waals surface area contributed by atoms with E-state index < -0.39 is 5.97 Å². The Morgan fingerprint density at radius 1 is 1.06 bits per heavy atom. The third-order valence-corrected chi connectivity index (χ3v) is 8.34. The van der Waals surface area contributed by atoms with E-state index in [1.807, 2.05) is 12.1 Å². The summed E-state index contributed by atoms with van der Waals surface area (Å²) in [6.45, 7) is 2.04. The minimum Gasteiger partial charge on any atom is -0.497 e. The number of benzene rings is 1. The Morgan fingerprint density at radius 2 is 1.86 bits per heavy atom. The summed E-state index contributed by atoms with van der Waals surface area (Å²) in [5.74, 6) is -0.0314. The second-order valence-electron chi connectivity index (χ2n) is 7.56. The van der Waals surface area contributed by atoms with Crippen molar-refractivity contribution in [3.05, 3.63) is 45.8 Å². The Bertz CT molecular complexity index is 1220. The molecule has 2 N–H and O–H groups in total. The molecule has 0 unspecified atom stereocenters. The van der Waals surface area contributed by atoms with Crippen LogP contribution in [0.4, 0.5) is 10.1 Å². The molecular weight excluding hydrogens is 508 g/mol. The SMILES string of the molecule is CCOC(=O)c1c(NC(=O)CSc2nnc(NC(=O)Cc3ccc(OC)cc3)s2)sc2c1CCC2. The first-order chi connectivity index (χ1) is 17.0. The summed E-state index contributed by atoms with van der Waals surface area (Å²) < 4.78 is 10.9. The van der Waals surface area contributed by atoms with Gasteiger partial charge in [-0.3, -0.25) is 9.59 Å². The van der Waals surface area contributed by atoms with E-state index in [0.29, 0.717) is 20.0 Å². The predicted molar refractivity (Wildman–Crippen MR) is 137 cm³/mol. The Balaban J connectivity index is 1.29. The quantitative estimate of drug-likeness (QED) is 0.227. The van der Waals surface area contributed by atoms with Gasteiger partial charge in [0.1, 0.15) is 10.8 Å². The summed E-state index contributed by atoms with van der Waals surface area (Å²) in [4.78, 5) is 38.5. The molecule has 0 radical (unpaired) electrons. The lowest BCUT2D eigenvalue weighted by Gasteiger charge is -2.07. The zero-order valence-corrected chi connectivity index (χ0v) is 21.7. The molecule has 0 bridgehead atoms. The normalized spacial score (nSPS) is 12.2. The molecule has 0 saturated carbocycles. The molecule has 4 rings (SSSR count). The summed E-state index contributed by atoms with van der Waals surface area (Å²) in [6.07, 6.45) is 2.94. The van der Waals surface area contributed by atoms with Crippen molar-refractivity contribution in [2.24, 2.45) is 0 Å². The van der Waals surface area contributed by atoms with Crippen LogP contribution >= 0.6 is 34.4 Å². The van der Waals surface area contributed by atoms with Crippen molar-refractivity contribution in [3.63, 3.8) is 0 Å². The van der Waals surface area contributed by atoms with Crippen molar-refractivity contribution in [1.82, 2.24) is 10.2 Å². The highest BCUT2D eigenvalue weighted by Crippen LogP contribution is 2.39. The van der Waals surface area contributed by atoms with E-state index in [4.69, 9.17) is 9.47 Å². The van der Waals surface area contributed by atoms with E-state index in [1.165, 1.54) is 34.4 Å². The maximum absolute atomic E-state index is 12.6. The van der Waals surface area contributed by atoms with E-state index in [9.17, 15) is 14.4 Å². The van der Waals surface area contributed by atoms with E-state index in [1.54, 1.807) is 26.2 Å². The Hall–Kier alpha value is -2.96. The van der Waals surface area contributed by atoms with Gasteiger partial charge in [0, 0.05) is 4.88 Å². The molecule has 2 heterocycles. The zero-order chi connectivity index (χ0) is 24.8. The first-order valence-corrected chi connectivity index (χ1v) is 13.6. The third-order valence-electron chi connectivity index (χ3n) is 5.16. The Morgan fingerprint density at radius 3 is 2.60 bits per heavy atom. The zero-order valence-electron chi connectivity index (χ0n) is 19.2. The van der Waals surface area contributed by atoms with Gasteiger partial charge in [-0.15, -0.1) is 21.5 Å². The number of aryl methyl sites for hydroxylation is 1. The molecule has 1 aliphatic carbocycles. The number of ether oxygens (including phenoxy) is 2. The molecule has 1 aliphatic rings. The van der Waals surface area contributed by atoms with Gasteiger partial charge < -0.3 is 20.1 Å². The van der Waals surface area contributed by atoms with Crippen LogP contribution in [0.5, 0.6) is 5.75 Å². The highest BCUT2D eigenvalue weighted by atomic mass is 32.2. The molecule has 2 amide bonds. The van der Waals surface area contributed by atoms with Gasteiger partial charge in [0.15, 0.2) is 4.34 Å². The van der Waals surface area contributed by atoms with Crippen LogP contribution in [0.2, 0.25) is 0 Å². The monoisotopic (exact) mass is 532 g/mol. The van der Waals surface area contributed by atoms with Gasteiger partial charge in [-0.2, -0.15) is 0 Å². The topological polar surface area (TPSA) is 120 Å². The summed E-state index contributed by atoms with van der Waals surface area (Å²) in [5, 5.41) is 14.5. The predicted octanol–water partition coefficient (Wildman–Crippen LogP) is 4.19. The molecule has 35 heavy (non-hydrogen) atoms. The molecule has 3 aromatic rings. The highest BCUT2D eigenvalue weighted by molar-refractivity contribution is 8.01. The van der Waals surface area contributed by atoms with Gasteiger partial charge in [-0.05, 0) is 49.4 Å². The number of hydrogen-bond acceptors (Lipinski definition) is 10. The summed E-state index contributed by atoms with van der Waals surface area (Å²) in [6, 6.07) is 7.25. The number of methoxy groups -OCH3 is 1. The van der Waals surface area contributed by atoms with Crippen molar-refractivity contribution in [2.45, 2.75) is 36.9 Å². The number of hydrogen-bond donors (Lipinski definition) is 2. The minimum atomic E-state index is -0.394. The second-order valence-corrected chi connectivity index (χ2v) is 10.9. The second kappa shape index (κ2) is 11.6. The number of rotatable bonds is 10. The first kappa shape index (κ1) is 25.1. The molecule has 1 aromatic carbocycles. The van der Waals surface area contributed by atoms with Gasteiger partial charge >= 0.3 is 5.97 Å². The molecule has 0 aliphatic heterocycles. The standard InChI is InChI=1S/C23H24N4O5S3/c1-3-32-21(30)19-15-5-4-6-16(15)34-20(19)24-18(29)12-33-23-27-26-22(35-23)25-17(28)11-13-7-9-14(31-2)10-8-13/h7-10H,3-6,11-12H2,1-2H3,(H,24,29)(H,25,26,28). The van der Waals surface area contributed by atoms with Crippen LogP contribution in [-0.2, 0) is 33.6 Å². The van der Waals surface area contributed by atoms with Crippen LogP contribution in [-0.4, -0.2) is 47.5 Å². The number of nitrogens with one attached hydrogen (secondary N) is 2. The number of esters is 1. The smallest absolute Gasteiger partial charge is 0.341 e. The maximum Gasteiger partial charge on any atom is 0.341 e. The van der Waals surface area contributed by atoms with Gasteiger partial charge in [0.05, 0.1) is 31.5 Å². The van der Waals surface area contributed by atoms with E-state index in [-0.39, 0.29) is 30.6 Å². The average Bonchev–Trinajstić information content (AvgIpc) is 3.55. The molecular formula is C23H24N4O5S3. The number of thioether (sulfide) groups is 1. The Labute approximate surface area is 214 Å². The fourth-order valence-electron chi connectivity index (χ4n) is 3.61. The number of thiophene rings is 1.